The van der Waals surface area contributed by atoms with Gasteiger partial charge >= 0.3 is 0 Å². The maximum atomic E-state index is 2.54. The highest BCUT2D eigenvalue weighted by molar-refractivity contribution is 5.64. The lowest BCUT2D eigenvalue weighted by atomic mass is 9.90. The minimum atomic E-state index is 0.361. The van der Waals surface area contributed by atoms with Crippen LogP contribution in [0.4, 0.5) is 5.69 Å². The summed E-state index contributed by atoms with van der Waals surface area (Å²) in [6.45, 7) is 0. The molecule has 1 saturated carbocycles. The van der Waals surface area contributed by atoms with Crippen LogP contribution < -0.4 is 4.90 Å². The molecule has 24 heavy (non-hydrogen) atoms. The van der Waals surface area contributed by atoms with E-state index in [4.69, 9.17) is 0 Å². The van der Waals surface area contributed by atoms with E-state index >= 15 is 0 Å². The lowest BCUT2D eigenvalue weighted by molar-refractivity contribution is 0.677. The van der Waals surface area contributed by atoms with Gasteiger partial charge in [0.25, 0.3) is 0 Å². The second kappa shape index (κ2) is 5.52. The predicted molar refractivity (Wildman–Crippen MR) is 101 cm³/mol. The van der Waals surface area contributed by atoms with E-state index in [1.54, 1.807) is 0 Å². The molecule has 118 valence electrons. The molecule has 1 fully saturated rings. The summed E-state index contributed by atoms with van der Waals surface area (Å²) >= 11 is 0. The number of nitrogens with zero attached hydrogens (tertiary/aromatic N) is 1. The maximum Gasteiger partial charge on any atom is 0.0631 e. The first-order chi connectivity index (χ1) is 11.9. The van der Waals surface area contributed by atoms with Crippen LogP contribution in [0.25, 0.3) is 6.08 Å². The highest BCUT2D eigenvalue weighted by atomic mass is 15.2. The summed E-state index contributed by atoms with van der Waals surface area (Å²) in [4.78, 5) is 2.54. The van der Waals surface area contributed by atoms with Crippen LogP contribution in [-0.2, 0) is 0 Å². The molecule has 3 aliphatic carbocycles. The Morgan fingerprint density at radius 3 is 2.54 bits per heavy atom. The van der Waals surface area contributed by atoms with Crippen molar-refractivity contribution in [1.29, 1.82) is 0 Å². The fraction of sp³-hybridized carbons (Fsp3) is 0.217. The first kappa shape index (κ1) is 13.9. The standard InChI is InChI=1S/C23H21N/c1-2-9-20(10-3-1)24(21-14-13-18-15-19(18)16-21)23-12-6-8-17-7-4-5-11-22(17)23/h1-11,13-14,16,18-19,23H,12,15H2. The summed E-state index contributed by atoms with van der Waals surface area (Å²) < 4.78 is 0. The van der Waals surface area contributed by atoms with Crippen molar-refractivity contribution in [1.82, 2.24) is 0 Å². The average molecular weight is 311 g/mol. The highest BCUT2D eigenvalue weighted by Crippen LogP contribution is 2.47. The van der Waals surface area contributed by atoms with Gasteiger partial charge in [-0.3, -0.25) is 0 Å². The average Bonchev–Trinajstić information content (AvgIpc) is 3.42. The highest BCUT2D eigenvalue weighted by Gasteiger charge is 2.37. The molecule has 0 aliphatic heterocycles. The molecule has 0 radical (unpaired) electrons. The van der Waals surface area contributed by atoms with E-state index in [0.29, 0.717) is 6.04 Å². The number of hydrogen-bond donors (Lipinski definition) is 0. The van der Waals surface area contributed by atoms with E-state index in [1.807, 2.05) is 0 Å². The third-order valence-corrected chi connectivity index (χ3v) is 5.43. The number of allylic oxidation sites excluding steroid dienone is 3. The zero-order valence-corrected chi connectivity index (χ0v) is 13.7. The number of rotatable bonds is 3. The van der Waals surface area contributed by atoms with Crippen LogP contribution in [0.5, 0.6) is 0 Å². The summed E-state index contributed by atoms with van der Waals surface area (Å²) in [6.07, 6.45) is 14.2. The molecule has 0 spiro atoms. The molecule has 0 amide bonds. The SMILES string of the molecule is C1=Cc2ccccc2C(N(C2=CC3CC3C=C2)c2ccccc2)C1. The van der Waals surface area contributed by atoms with Crippen molar-refractivity contribution < 1.29 is 0 Å². The molecule has 0 saturated heterocycles. The van der Waals surface area contributed by atoms with E-state index in [1.165, 1.54) is 28.9 Å². The van der Waals surface area contributed by atoms with E-state index in [0.717, 1.165) is 18.3 Å². The molecule has 5 rings (SSSR count). The van der Waals surface area contributed by atoms with Crippen molar-refractivity contribution in [2.24, 2.45) is 11.8 Å². The Kier molecular flexibility index (Phi) is 3.19. The quantitative estimate of drug-likeness (QED) is 0.698. The lowest BCUT2D eigenvalue weighted by Crippen LogP contribution is -2.29. The summed E-state index contributed by atoms with van der Waals surface area (Å²) in [6, 6.07) is 20.0. The molecule has 0 heterocycles. The molecule has 2 aromatic carbocycles. The molecule has 1 heteroatoms. The second-order valence-corrected chi connectivity index (χ2v) is 7.00. The van der Waals surface area contributed by atoms with Gasteiger partial charge in [0.1, 0.15) is 0 Å². The minimum Gasteiger partial charge on any atom is -0.334 e. The van der Waals surface area contributed by atoms with Crippen LogP contribution in [0.2, 0.25) is 0 Å². The Bertz CT molecular complexity index is 843. The Morgan fingerprint density at radius 1 is 0.833 bits per heavy atom. The maximum absolute atomic E-state index is 2.54. The largest absolute Gasteiger partial charge is 0.334 e. The van der Waals surface area contributed by atoms with Gasteiger partial charge in [-0.2, -0.15) is 0 Å². The molecule has 2 aromatic rings. The third kappa shape index (κ3) is 2.32. The van der Waals surface area contributed by atoms with Gasteiger partial charge in [-0.25, -0.2) is 0 Å². The van der Waals surface area contributed by atoms with Crippen molar-refractivity contribution in [2.45, 2.75) is 18.9 Å². The van der Waals surface area contributed by atoms with E-state index in [2.05, 4.69) is 89.9 Å². The van der Waals surface area contributed by atoms with Crippen LogP contribution in [0.1, 0.15) is 30.0 Å². The Hall–Kier alpha value is -2.54. The van der Waals surface area contributed by atoms with Crippen LogP contribution in [0, 0.1) is 11.8 Å². The molecular weight excluding hydrogens is 290 g/mol. The van der Waals surface area contributed by atoms with Gasteiger partial charge in [-0.15, -0.1) is 0 Å². The number of fused-ring (bicyclic) bond motifs is 2. The number of para-hydroxylation sites is 1. The van der Waals surface area contributed by atoms with Crippen LogP contribution >= 0.6 is 0 Å². The molecule has 3 aliphatic rings. The van der Waals surface area contributed by atoms with Gasteiger partial charge < -0.3 is 4.90 Å². The summed E-state index contributed by atoms with van der Waals surface area (Å²) in [5.41, 5.74) is 5.41. The molecule has 1 nitrogen and oxygen atoms in total. The second-order valence-electron chi connectivity index (χ2n) is 7.00. The Balaban J connectivity index is 1.62. The van der Waals surface area contributed by atoms with E-state index in [-0.39, 0.29) is 0 Å². The normalized spacial score (nSPS) is 26.3. The van der Waals surface area contributed by atoms with Crippen molar-refractivity contribution in [3.05, 3.63) is 95.7 Å². The molecular formula is C23H21N. The monoisotopic (exact) mass is 311 g/mol. The van der Waals surface area contributed by atoms with E-state index in [9.17, 15) is 0 Å². The molecule has 0 bridgehead atoms. The molecule has 0 aromatic heterocycles. The van der Waals surface area contributed by atoms with Gasteiger partial charge in [0.05, 0.1) is 6.04 Å². The number of benzene rings is 2. The fourth-order valence-corrected chi connectivity index (χ4v) is 4.07. The minimum absolute atomic E-state index is 0.361. The van der Waals surface area contributed by atoms with E-state index < -0.39 is 0 Å². The van der Waals surface area contributed by atoms with Crippen LogP contribution in [0.3, 0.4) is 0 Å². The smallest absolute Gasteiger partial charge is 0.0631 e. The Morgan fingerprint density at radius 2 is 1.67 bits per heavy atom. The summed E-state index contributed by atoms with van der Waals surface area (Å²) in [5.74, 6) is 1.55. The van der Waals surface area contributed by atoms with Gasteiger partial charge in [0.15, 0.2) is 0 Å². The first-order valence-electron chi connectivity index (χ1n) is 8.90. The first-order valence-corrected chi connectivity index (χ1v) is 8.90. The summed E-state index contributed by atoms with van der Waals surface area (Å²) in [5, 5.41) is 0. The Labute approximate surface area is 143 Å². The van der Waals surface area contributed by atoms with Gasteiger partial charge in [-0.1, -0.05) is 66.8 Å². The molecule has 0 N–H and O–H groups in total. The van der Waals surface area contributed by atoms with Gasteiger partial charge in [0, 0.05) is 11.4 Å². The topological polar surface area (TPSA) is 3.24 Å². The van der Waals surface area contributed by atoms with Crippen molar-refractivity contribution in [3.63, 3.8) is 0 Å². The van der Waals surface area contributed by atoms with Crippen LogP contribution in [-0.4, -0.2) is 0 Å². The summed E-state index contributed by atoms with van der Waals surface area (Å²) in [7, 11) is 0. The number of hydrogen-bond acceptors (Lipinski definition) is 1. The number of anilines is 1. The zero-order chi connectivity index (χ0) is 15.9. The predicted octanol–water partition coefficient (Wildman–Crippen LogP) is 5.74. The molecule has 3 unspecified atom stereocenters. The fourth-order valence-electron chi connectivity index (χ4n) is 4.07. The van der Waals surface area contributed by atoms with Crippen molar-refractivity contribution >= 4 is 11.8 Å². The zero-order valence-electron chi connectivity index (χ0n) is 13.7. The lowest BCUT2D eigenvalue weighted by Gasteiger charge is -2.37. The van der Waals surface area contributed by atoms with Gasteiger partial charge in [-0.05, 0) is 54.0 Å². The van der Waals surface area contributed by atoms with Crippen molar-refractivity contribution in [2.75, 3.05) is 4.90 Å². The molecule has 3 atom stereocenters. The van der Waals surface area contributed by atoms with Gasteiger partial charge in [0.2, 0.25) is 0 Å². The van der Waals surface area contributed by atoms with Crippen LogP contribution in [0.15, 0.2) is 84.6 Å². The third-order valence-electron chi connectivity index (χ3n) is 5.43. The van der Waals surface area contributed by atoms with Crippen molar-refractivity contribution in [3.8, 4) is 0 Å².